The van der Waals surface area contributed by atoms with Gasteiger partial charge < -0.3 is 14.8 Å². The number of hydrogen-bond donors (Lipinski definition) is 2. The van der Waals surface area contributed by atoms with Crippen LogP contribution in [0.2, 0.25) is 0 Å². The van der Waals surface area contributed by atoms with Crippen molar-refractivity contribution in [2.45, 2.75) is 57.9 Å². The van der Waals surface area contributed by atoms with Crippen molar-refractivity contribution in [3.8, 4) is 11.4 Å². The molecule has 1 aromatic rings. The third-order valence-electron chi connectivity index (χ3n) is 5.60. The number of Topliss-reactive ketones (excluding diaryl/α,β-unsaturated/α-hetero) is 1. The molecule has 0 spiro atoms. The fraction of sp³-hybridized carbons (Fsp3) is 0.440. The van der Waals surface area contributed by atoms with E-state index in [1.54, 1.807) is 25.3 Å². The molecule has 3 rings (SSSR count). The van der Waals surface area contributed by atoms with Crippen LogP contribution in [0.25, 0.3) is 11.4 Å². The molecule has 11 heteroatoms. The number of imidazole rings is 1. The van der Waals surface area contributed by atoms with Crippen molar-refractivity contribution in [3.05, 3.63) is 53.6 Å². The Balaban J connectivity index is 1.94. The number of aliphatic hydroxyl groups is 1. The number of ketones is 1. The Morgan fingerprint density at radius 3 is 2.44 bits per heavy atom. The molecule has 0 saturated heterocycles. The first kappa shape index (κ1) is 27.3. The van der Waals surface area contributed by atoms with Crippen LogP contribution in [-0.4, -0.2) is 63.9 Å². The molecule has 0 saturated carbocycles. The number of nitrogens with zero attached hydrogens (tertiary/aromatic N) is 3. The molecule has 1 aromatic carbocycles. The highest BCUT2D eigenvalue weighted by Gasteiger charge is 2.40. The number of aromatic amines is 1. The van der Waals surface area contributed by atoms with Crippen molar-refractivity contribution in [1.29, 1.82) is 0 Å². The molecule has 2 aliphatic rings. The number of rotatable bonds is 11. The number of sulfonamides is 1. The van der Waals surface area contributed by atoms with Crippen LogP contribution in [0.5, 0.6) is 0 Å². The minimum atomic E-state index is -4.43. The number of carbonyl (C=O) groups is 2. The summed E-state index contributed by atoms with van der Waals surface area (Å²) in [7, 11) is -4.43. The van der Waals surface area contributed by atoms with E-state index in [9.17, 15) is 23.1 Å². The maximum absolute atomic E-state index is 13.6. The summed E-state index contributed by atoms with van der Waals surface area (Å²) in [5.74, 6) is 0.0289. The second-order valence-corrected chi connectivity index (χ2v) is 10.7. The second-order valence-electron chi connectivity index (χ2n) is 8.87. The molecule has 2 N–H and O–H groups in total. The Bertz CT molecular complexity index is 1270. The van der Waals surface area contributed by atoms with Gasteiger partial charge in [0.1, 0.15) is 17.6 Å². The molecule has 194 valence electrons. The molecule has 0 fully saturated rings. The van der Waals surface area contributed by atoms with Crippen molar-refractivity contribution >= 4 is 21.9 Å². The van der Waals surface area contributed by atoms with Gasteiger partial charge in [-0.05, 0) is 49.9 Å². The van der Waals surface area contributed by atoms with Gasteiger partial charge in [-0.2, -0.15) is 4.31 Å². The lowest BCUT2D eigenvalue weighted by atomic mass is 9.99. The highest BCUT2D eigenvalue weighted by Crippen LogP contribution is 2.27. The number of H-pyrrole nitrogens is 1. The number of aliphatic hydroxyl groups excluding tert-OH is 1. The minimum Gasteiger partial charge on any atom is -0.449 e. The number of ether oxygens (including phenoxy) is 1. The number of amides is 1. The molecule has 0 unspecified atom stereocenters. The zero-order valence-corrected chi connectivity index (χ0v) is 21.7. The van der Waals surface area contributed by atoms with Crippen LogP contribution in [-0.2, 0) is 26.0 Å². The summed E-state index contributed by atoms with van der Waals surface area (Å²) in [6.07, 6.45) is 0.954. The summed E-state index contributed by atoms with van der Waals surface area (Å²) in [5, 5.41) is 9.27. The lowest BCUT2D eigenvalue weighted by Gasteiger charge is -2.30. The van der Waals surface area contributed by atoms with E-state index in [0.29, 0.717) is 16.6 Å². The standard InChI is InChI=1S/C25H32N4O6S/c1-5-35-25(32)29(22(14-16(2)3)23(31)11-13-30)36(33,34)19-8-6-18(7-9-19)15-21-24-20(10-12-26-21)27-17(4)28-24/h6-10,12,16,22,26,30H,5,11,13-15H2,1-4H3/t22-/m0/s1. The predicted octanol–water partition coefficient (Wildman–Crippen LogP) is 3.32. The van der Waals surface area contributed by atoms with Crippen LogP contribution in [0, 0.1) is 12.8 Å². The van der Waals surface area contributed by atoms with Gasteiger partial charge in [-0.25, -0.2) is 23.2 Å². The van der Waals surface area contributed by atoms with Crippen LogP contribution in [0.3, 0.4) is 0 Å². The topological polar surface area (TPSA) is 143 Å². The fourth-order valence-corrected chi connectivity index (χ4v) is 5.49. The predicted molar refractivity (Wildman–Crippen MR) is 133 cm³/mol. The highest BCUT2D eigenvalue weighted by molar-refractivity contribution is 7.89. The van der Waals surface area contributed by atoms with Gasteiger partial charge in [0, 0.05) is 24.7 Å². The van der Waals surface area contributed by atoms with E-state index in [1.807, 2.05) is 26.8 Å². The van der Waals surface area contributed by atoms with Gasteiger partial charge in [-0.15, -0.1) is 0 Å². The van der Waals surface area contributed by atoms with Gasteiger partial charge in [0.05, 0.1) is 23.8 Å². The molecule has 0 bridgehead atoms. The average molecular weight is 517 g/mol. The van der Waals surface area contributed by atoms with Crippen molar-refractivity contribution < 1.29 is 27.9 Å². The molecule has 1 amide bonds. The summed E-state index contributed by atoms with van der Waals surface area (Å²) >= 11 is 0. The summed E-state index contributed by atoms with van der Waals surface area (Å²) in [4.78, 5) is 37.5. The highest BCUT2D eigenvalue weighted by atomic mass is 32.2. The first-order valence-corrected chi connectivity index (χ1v) is 13.3. The molecule has 0 radical (unpaired) electrons. The third kappa shape index (κ3) is 6.08. The Labute approximate surface area is 211 Å². The van der Waals surface area contributed by atoms with Gasteiger partial charge in [0.25, 0.3) is 10.0 Å². The Morgan fingerprint density at radius 2 is 1.83 bits per heavy atom. The van der Waals surface area contributed by atoms with Gasteiger partial charge in [-0.3, -0.25) is 4.79 Å². The van der Waals surface area contributed by atoms with E-state index < -0.39 is 34.5 Å². The number of benzene rings is 1. The maximum atomic E-state index is 13.6. The molecule has 1 atom stereocenters. The molecule has 10 nitrogen and oxygen atoms in total. The third-order valence-corrected chi connectivity index (χ3v) is 7.39. The number of fused-ring (bicyclic) bond motifs is 1. The van der Waals surface area contributed by atoms with E-state index in [1.165, 1.54) is 12.1 Å². The number of hydrogen-bond acceptors (Lipinski definition) is 8. The first-order valence-electron chi connectivity index (χ1n) is 11.8. The van der Waals surface area contributed by atoms with Crippen molar-refractivity contribution in [1.82, 2.24) is 19.3 Å². The largest absolute Gasteiger partial charge is 0.449 e. The fourth-order valence-electron chi connectivity index (χ4n) is 3.99. The number of aromatic nitrogens is 3. The van der Waals surface area contributed by atoms with Crippen LogP contribution in [0.1, 0.15) is 50.7 Å². The van der Waals surface area contributed by atoms with E-state index in [2.05, 4.69) is 15.0 Å². The summed E-state index contributed by atoms with van der Waals surface area (Å²) in [6, 6.07) is 6.67. The van der Waals surface area contributed by atoms with Gasteiger partial charge in [-0.1, -0.05) is 26.0 Å². The summed E-state index contributed by atoms with van der Waals surface area (Å²) in [5.41, 5.74) is 3.17. The number of aryl methyl sites for hydroxylation is 1. The number of carbonyl (C=O) groups excluding carboxylic acids is 2. The Hall–Kier alpha value is -3.31. The van der Waals surface area contributed by atoms with E-state index >= 15 is 0 Å². The molecular formula is C25H32N4O6S. The molecule has 2 aliphatic heterocycles. The average Bonchev–Trinajstić information content (AvgIpc) is 3.20. The summed E-state index contributed by atoms with van der Waals surface area (Å²) < 4.78 is 32.8. The SMILES string of the molecule is CCOC(=O)N([C@@H](CC(C)C)C(=O)CCO)S(=O)(=O)c1ccc(Cc2[nH]ccc3nc(C)nc2-3)cc1. The van der Waals surface area contributed by atoms with E-state index in [0.717, 1.165) is 22.6 Å². The zero-order valence-electron chi connectivity index (χ0n) is 20.9. The number of nitrogens with one attached hydrogen (secondary N) is 1. The minimum absolute atomic E-state index is 0.0570. The van der Waals surface area contributed by atoms with Crippen molar-refractivity contribution in [2.24, 2.45) is 5.92 Å². The lowest BCUT2D eigenvalue weighted by molar-refractivity contribution is -0.123. The Morgan fingerprint density at radius 1 is 1.14 bits per heavy atom. The quantitative estimate of drug-likeness (QED) is 0.395. The van der Waals surface area contributed by atoms with Crippen LogP contribution in [0.4, 0.5) is 4.79 Å². The van der Waals surface area contributed by atoms with Crippen molar-refractivity contribution in [3.63, 3.8) is 0 Å². The van der Waals surface area contributed by atoms with Gasteiger partial charge in [0.15, 0.2) is 5.78 Å². The molecule has 36 heavy (non-hydrogen) atoms. The Kier molecular flexibility index (Phi) is 8.80. The number of pyridine rings is 1. The normalized spacial score (nSPS) is 12.6. The lowest BCUT2D eigenvalue weighted by Crippen LogP contribution is -2.49. The van der Waals surface area contributed by atoms with Crippen LogP contribution >= 0.6 is 0 Å². The molecule has 2 heterocycles. The smallest absolute Gasteiger partial charge is 0.424 e. The maximum Gasteiger partial charge on any atom is 0.424 e. The monoisotopic (exact) mass is 516 g/mol. The van der Waals surface area contributed by atoms with Crippen molar-refractivity contribution in [2.75, 3.05) is 13.2 Å². The molecule has 0 aliphatic carbocycles. The van der Waals surface area contributed by atoms with E-state index in [4.69, 9.17) is 4.74 Å². The second kappa shape index (κ2) is 11.6. The van der Waals surface area contributed by atoms with Gasteiger partial charge >= 0.3 is 6.09 Å². The van der Waals surface area contributed by atoms with Crippen LogP contribution < -0.4 is 0 Å². The van der Waals surface area contributed by atoms with E-state index in [-0.39, 0.29) is 30.3 Å². The van der Waals surface area contributed by atoms with Crippen LogP contribution in [0.15, 0.2) is 41.4 Å². The zero-order chi connectivity index (χ0) is 26.5. The molecular weight excluding hydrogens is 484 g/mol. The molecule has 0 aromatic heterocycles. The summed E-state index contributed by atoms with van der Waals surface area (Å²) in [6.45, 7) is 6.51. The van der Waals surface area contributed by atoms with Gasteiger partial charge in [0.2, 0.25) is 0 Å². The first-order chi connectivity index (χ1) is 17.1.